The Labute approximate surface area is 93.8 Å². The third kappa shape index (κ3) is 6870. The van der Waals surface area contributed by atoms with E-state index in [9.17, 15) is 0 Å². The largest absolute Gasteiger partial charge is 0.756 e. The van der Waals surface area contributed by atoms with Gasteiger partial charge in [0.15, 0.2) is 0 Å². The van der Waals surface area contributed by atoms with Crippen LogP contribution in [0.2, 0.25) is 0 Å². The molecule has 0 aromatic heterocycles. The Morgan fingerprint density at radius 2 is 0.667 bits per heavy atom. The molecule has 0 saturated carbocycles. The second-order valence-corrected chi connectivity index (χ2v) is 2.94. The van der Waals surface area contributed by atoms with Gasteiger partial charge in [-0.15, -0.1) is 0 Å². The van der Waals surface area contributed by atoms with Gasteiger partial charge in [0, 0.05) is 17.1 Å². The third-order valence-electron chi connectivity index (χ3n) is 0. The summed E-state index contributed by atoms with van der Waals surface area (Å²) in [5, 5.41) is 0. The molecule has 0 amide bonds. The van der Waals surface area contributed by atoms with Gasteiger partial charge in [0.25, 0.3) is 15.6 Å². The van der Waals surface area contributed by atoms with Crippen LogP contribution in [0.25, 0.3) is 0 Å². The molecule has 0 heterocycles. The smallest absolute Gasteiger partial charge is 0.262 e. The minimum atomic E-state index is -4.89. The number of hydrogen-bond donors (Lipinski definition) is 4. The zero-order valence-electron chi connectivity index (χ0n) is 6.69. The molecule has 0 aliphatic carbocycles. The molecule has 0 aromatic rings. The summed E-state index contributed by atoms with van der Waals surface area (Å²) in [6.45, 7) is 0. The molecule has 0 saturated heterocycles. The Morgan fingerprint density at radius 3 is 0.667 bits per heavy atom. The van der Waals surface area contributed by atoms with Crippen LogP contribution in [0.5, 0.6) is 0 Å². The van der Waals surface area contributed by atoms with Crippen molar-refractivity contribution >= 4 is 15.6 Å². The van der Waals surface area contributed by atoms with E-state index < -0.39 is 15.6 Å². The predicted octanol–water partition coefficient (Wildman–Crippen LogP) is -6.42. The van der Waals surface area contributed by atoms with Gasteiger partial charge in [0.1, 0.15) is 0 Å². The van der Waals surface area contributed by atoms with Gasteiger partial charge in [-0.3, -0.25) is 9.13 Å². The average Bonchev–Trinajstić information content (AvgIpc) is 1.12. The maximum Gasteiger partial charge on any atom is 0.262 e. The Balaban J connectivity index is -0.0000000128. The summed E-state index contributed by atoms with van der Waals surface area (Å²) in [5.41, 5.74) is 0. The summed E-state index contributed by atoms with van der Waals surface area (Å²) in [7, 11) is -9.78. The summed E-state index contributed by atoms with van der Waals surface area (Å²) in [6.07, 6.45) is 0. The second-order valence-electron chi connectivity index (χ2n) is 0.981. The molecule has 0 aliphatic rings. The van der Waals surface area contributed by atoms with Crippen molar-refractivity contribution in [3.63, 3.8) is 0 Å². The Hall–Kier alpha value is 0.579. The molecule has 0 spiro atoms. The molecule has 0 bridgehead atoms. The summed E-state index contributed by atoms with van der Waals surface area (Å²) >= 11 is 0. The molecule has 15 heteroatoms. The van der Waals surface area contributed by atoms with Crippen molar-refractivity contribution < 1.29 is 77.5 Å². The van der Waals surface area contributed by atoms with Crippen LogP contribution in [-0.4, -0.2) is 41.5 Å². The van der Waals surface area contributed by atoms with Gasteiger partial charge in [-0.25, -0.2) is 0 Å². The maximum atomic E-state index is 8.77. The summed E-state index contributed by atoms with van der Waals surface area (Å²) in [4.78, 5) is 45.8. The van der Waals surface area contributed by atoms with Gasteiger partial charge in [0.2, 0.25) is 0 Å². The normalized spacial score (nSPS) is 7.87. The Bertz CT molecular complexity index is 126. The number of phosphoric acid groups is 2. The number of rotatable bonds is 0. The zero-order chi connectivity index (χ0) is 9.00. The van der Waals surface area contributed by atoms with Gasteiger partial charge in [-0.2, -0.15) is 0 Å². The minimum absolute atomic E-state index is 0. The number of hydrogen-bond acceptors (Lipinski definition) is 4. The van der Waals surface area contributed by atoms with E-state index in [2.05, 4.69) is 0 Å². The first-order valence-corrected chi connectivity index (χ1v) is 4.59. The van der Waals surface area contributed by atoms with Gasteiger partial charge >= 0.3 is 0 Å². The van der Waals surface area contributed by atoms with Crippen molar-refractivity contribution in [2.45, 2.75) is 0 Å². The molecule has 1 radical (unpaired) electrons. The molecular formula is H12MnO12P2-2. The molecule has 103 valence electrons. The molecule has 0 fully saturated rings. The molecule has 12 N–H and O–H groups in total. The van der Waals surface area contributed by atoms with Crippen molar-refractivity contribution in [2.75, 3.05) is 0 Å². The van der Waals surface area contributed by atoms with E-state index in [1.165, 1.54) is 0 Å². The quantitative estimate of drug-likeness (QED) is 0.245. The second kappa shape index (κ2) is 17.0. The monoisotopic (exact) mass is 321 g/mol. The van der Waals surface area contributed by atoms with Crippen LogP contribution in [0.15, 0.2) is 0 Å². The van der Waals surface area contributed by atoms with E-state index in [0.29, 0.717) is 0 Å². The van der Waals surface area contributed by atoms with Crippen molar-refractivity contribution in [2.24, 2.45) is 0 Å². The topological polar surface area (TPSA) is 287 Å². The molecule has 0 aromatic carbocycles. The van der Waals surface area contributed by atoms with Crippen molar-refractivity contribution in [1.82, 2.24) is 0 Å². The van der Waals surface area contributed by atoms with Gasteiger partial charge < -0.3 is 51.3 Å². The molecule has 12 nitrogen and oxygen atoms in total. The SMILES string of the molecule is O.O.O.O.O=P([O-])(O)O.O=P([O-])(O)O.[Mn]. The van der Waals surface area contributed by atoms with Gasteiger partial charge in [-0.05, 0) is 0 Å². The molecule has 0 unspecified atom stereocenters. The zero-order valence-corrected chi connectivity index (χ0v) is 9.66. The fourth-order valence-corrected chi connectivity index (χ4v) is 0. The van der Waals surface area contributed by atoms with Gasteiger partial charge in [0.05, 0.1) is 0 Å². The van der Waals surface area contributed by atoms with E-state index in [0.717, 1.165) is 0 Å². The van der Waals surface area contributed by atoms with Crippen molar-refractivity contribution in [3.8, 4) is 0 Å². The predicted molar refractivity (Wildman–Crippen MR) is 38.5 cm³/mol. The fourth-order valence-electron chi connectivity index (χ4n) is 0. The Morgan fingerprint density at radius 1 is 0.667 bits per heavy atom. The molecule has 15 heavy (non-hydrogen) atoms. The van der Waals surface area contributed by atoms with Crippen LogP contribution < -0.4 is 9.79 Å². The fraction of sp³-hybridized carbons (Fsp3) is 0. The molecular weight excluding hydrogens is 309 g/mol. The van der Waals surface area contributed by atoms with Crippen LogP contribution >= 0.6 is 15.6 Å². The first-order chi connectivity index (χ1) is 4.00. The van der Waals surface area contributed by atoms with Crippen LogP contribution in [0.1, 0.15) is 0 Å². The third-order valence-corrected chi connectivity index (χ3v) is 0. The van der Waals surface area contributed by atoms with Crippen LogP contribution in [0, 0.1) is 0 Å². The Kier molecular flexibility index (Phi) is 51.0. The van der Waals surface area contributed by atoms with E-state index in [-0.39, 0.29) is 39.0 Å². The molecule has 0 rings (SSSR count). The van der Waals surface area contributed by atoms with Crippen LogP contribution in [-0.2, 0) is 26.2 Å². The van der Waals surface area contributed by atoms with E-state index in [1.54, 1.807) is 0 Å². The first kappa shape index (κ1) is 45.0. The summed E-state index contributed by atoms with van der Waals surface area (Å²) in [5.74, 6) is 0. The molecule has 0 atom stereocenters. The summed E-state index contributed by atoms with van der Waals surface area (Å²) in [6, 6.07) is 0. The van der Waals surface area contributed by atoms with E-state index >= 15 is 0 Å². The molecule has 0 aliphatic heterocycles. The standard InChI is InChI=1S/Mn.2H3O4P.4H2O/c;2*1-5(2,3)4;;;;/h;2*(H3,1,2,3,4);4*1H2/p-2. The summed E-state index contributed by atoms with van der Waals surface area (Å²) < 4.78 is 17.5. The van der Waals surface area contributed by atoms with Gasteiger partial charge in [-0.1, -0.05) is 0 Å². The average molecular weight is 321 g/mol. The maximum absolute atomic E-state index is 8.77. The van der Waals surface area contributed by atoms with Crippen molar-refractivity contribution in [1.29, 1.82) is 0 Å². The van der Waals surface area contributed by atoms with E-state index in [1.807, 2.05) is 0 Å². The van der Waals surface area contributed by atoms with E-state index in [4.69, 9.17) is 38.5 Å². The van der Waals surface area contributed by atoms with Crippen LogP contribution in [0.4, 0.5) is 0 Å². The minimum Gasteiger partial charge on any atom is -0.756 e. The van der Waals surface area contributed by atoms with Crippen molar-refractivity contribution in [3.05, 3.63) is 0 Å². The first-order valence-electron chi connectivity index (χ1n) is 1.53. The van der Waals surface area contributed by atoms with Crippen LogP contribution in [0.3, 0.4) is 0 Å².